The normalized spacial score (nSPS) is 10.6. The van der Waals surface area contributed by atoms with E-state index in [9.17, 15) is 4.79 Å². The molecule has 2 aromatic carbocycles. The van der Waals surface area contributed by atoms with Gasteiger partial charge in [0.05, 0.1) is 30.8 Å². The summed E-state index contributed by atoms with van der Waals surface area (Å²) in [6.45, 7) is 0. The number of benzene rings is 2. The molecule has 134 valence electrons. The zero-order valence-corrected chi connectivity index (χ0v) is 15.1. The van der Waals surface area contributed by atoms with E-state index in [1.165, 1.54) is 4.68 Å². The van der Waals surface area contributed by atoms with Crippen molar-refractivity contribution in [1.29, 1.82) is 0 Å². The average Bonchev–Trinajstić information content (AvgIpc) is 3.40. The number of ether oxygens (including phenoxy) is 1. The number of methoxy groups -OCH3 is 1. The summed E-state index contributed by atoms with van der Waals surface area (Å²) in [5.41, 5.74) is 1.94. The number of carbonyl (C=O) groups excluding carboxylic acids is 1. The van der Waals surface area contributed by atoms with Gasteiger partial charge in [0.15, 0.2) is 5.82 Å². The van der Waals surface area contributed by atoms with Gasteiger partial charge in [-0.05, 0) is 36.4 Å². The van der Waals surface area contributed by atoms with Crippen LogP contribution in [0.5, 0.6) is 5.75 Å². The maximum atomic E-state index is 12.7. The van der Waals surface area contributed by atoms with Crippen LogP contribution in [-0.4, -0.2) is 37.4 Å². The molecule has 4 rings (SSSR count). The number of hydrogen-bond donors (Lipinski definition) is 1. The van der Waals surface area contributed by atoms with Crippen molar-refractivity contribution in [2.45, 2.75) is 0 Å². The van der Waals surface area contributed by atoms with E-state index >= 15 is 0 Å². The molecule has 0 aliphatic carbocycles. The maximum absolute atomic E-state index is 12.7. The van der Waals surface area contributed by atoms with Crippen LogP contribution in [0.1, 0.15) is 10.4 Å². The molecule has 0 atom stereocenters. The number of rotatable bonds is 5. The molecule has 0 spiro atoms. The summed E-state index contributed by atoms with van der Waals surface area (Å²) in [5.74, 6) is 1.01. The molecule has 4 aromatic rings. The second kappa shape index (κ2) is 7.34. The molecule has 0 fully saturated rings. The summed E-state index contributed by atoms with van der Waals surface area (Å²) in [7, 11) is 1.61. The van der Waals surface area contributed by atoms with Crippen LogP contribution in [0, 0.1) is 0 Å². The van der Waals surface area contributed by atoms with Gasteiger partial charge in [0.1, 0.15) is 5.75 Å². The van der Waals surface area contributed by atoms with Crippen molar-refractivity contribution in [3.8, 4) is 22.8 Å². The zero-order chi connectivity index (χ0) is 18.6. The van der Waals surface area contributed by atoms with E-state index in [2.05, 4.69) is 25.0 Å². The highest BCUT2D eigenvalue weighted by Crippen LogP contribution is 2.24. The molecule has 0 radical (unpaired) electrons. The SMILES string of the molecule is COc1ccc(-c2nsc(NC(=O)c3ccccc3-n3ccnn3)n2)cc1. The molecular formula is C18H14N6O2S. The molecule has 2 heterocycles. The average molecular weight is 378 g/mol. The van der Waals surface area contributed by atoms with Crippen LogP contribution in [-0.2, 0) is 0 Å². The molecule has 1 amide bonds. The van der Waals surface area contributed by atoms with E-state index in [-0.39, 0.29) is 5.91 Å². The molecule has 1 N–H and O–H groups in total. The Balaban J connectivity index is 1.55. The fourth-order valence-electron chi connectivity index (χ4n) is 2.50. The fourth-order valence-corrected chi connectivity index (χ4v) is 3.08. The Morgan fingerprint density at radius 2 is 1.96 bits per heavy atom. The van der Waals surface area contributed by atoms with Gasteiger partial charge in [-0.1, -0.05) is 17.3 Å². The summed E-state index contributed by atoms with van der Waals surface area (Å²) in [6, 6.07) is 14.5. The van der Waals surface area contributed by atoms with Crippen LogP contribution in [0.15, 0.2) is 60.9 Å². The van der Waals surface area contributed by atoms with Gasteiger partial charge in [-0.3, -0.25) is 10.1 Å². The number of amides is 1. The first-order valence-electron chi connectivity index (χ1n) is 8.00. The molecule has 0 aliphatic rings. The van der Waals surface area contributed by atoms with Gasteiger partial charge >= 0.3 is 0 Å². The number of nitrogens with zero attached hydrogens (tertiary/aromatic N) is 5. The van der Waals surface area contributed by atoms with E-state index in [0.29, 0.717) is 22.2 Å². The van der Waals surface area contributed by atoms with Crippen LogP contribution >= 0.6 is 11.5 Å². The van der Waals surface area contributed by atoms with E-state index in [4.69, 9.17) is 4.74 Å². The lowest BCUT2D eigenvalue weighted by molar-refractivity contribution is 0.102. The third-order valence-electron chi connectivity index (χ3n) is 3.81. The Labute approximate surface area is 158 Å². The molecule has 27 heavy (non-hydrogen) atoms. The smallest absolute Gasteiger partial charge is 0.259 e. The molecule has 0 saturated heterocycles. The van der Waals surface area contributed by atoms with E-state index in [1.807, 2.05) is 30.3 Å². The highest BCUT2D eigenvalue weighted by atomic mass is 32.1. The minimum atomic E-state index is -0.293. The van der Waals surface area contributed by atoms with Gasteiger partial charge in [-0.25, -0.2) is 4.68 Å². The Bertz CT molecular complexity index is 1060. The lowest BCUT2D eigenvalue weighted by Gasteiger charge is -2.07. The topological polar surface area (TPSA) is 94.8 Å². The molecule has 9 heteroatoms. The van der Waals surface area contributed by atoms with Crippen molar-refractivity contribution in [3.05, 3.63) is 66.5 Å². The molecule has 8 nitrogen and oxygen atoms in total. The predicted octanol–water partition coefficient (Wildman–Crippen LogP) is 3.05. The van der Waals surface area contributed by atoms with Gasteiger partial charge in [0, 0.05) is 17.1 Å². The summed E-state index contributed by atoms with van der Waals surface area (Å²) in [5, 5.41) is 10.9. The summed E-state index contributed by atoms with van der Waals surface area (Å²) >= 11 is 1.12. The van der Waals surface area contributed by atoms with Gasteiger partial charge < -0.3 is 4.74 Å². The summed E-state index contributed by atoms with van der Waals surface area (Å²) in [4.78, 5) is 17.1. The third kappa shape index (κ3) is 3.53. The van der Waals surface area contributed by atoms with Crippen LogP contribution in [0.25, 0.3) is 17.1 Å². The van der Waals surface area contributed by atoms with Crippen molar-refractivity contribution in [1.82, 2.24) is 24.4 Å². The third-order valence-corrected chi connectivity index (χ3v) is 4.44. The zero-order valence-electron chi connectivity index (χ0n) is 14.2. The highest BCUT2D eigenvalue weighted by Gasteiger charge is 2.15. The first-order chi connectivity index (χ1) is 13.2. The van der Waals surface area contributed by atoms with Crippen molar-refractivity contribution in [2.24, 2.45) is 0 Å². The Morgan fingerprint density at radius 1 is 1.15 bits per heavy atom. The predicted molar refractivity (Wildman–Crippen MR) is 101 cm³/mol. The molecule has 2 aromatic heterocycles. The quantitative estimate of drug-likeness (QED) is 0.574. The van der Waals surface area contributed by atoms with Crippen molar-refractivity contribution in [3.63, 3.8) is 0 Å². The Kier molecular flexibility index (Phi) is 4.58. The van der Waals surface area contributed by atoms with Crippen LogP contribution in [0.4, 0.5) is 5.13 Å². The second-order valence-corrected chi connectivity index (χ2v) is 6.22. The number of para-hydroxylation sites is 1. The monoisotopic (exact) mass is 378 g/mol. The van der Waals surface area contributed by atoms with Gasteiger partial charge in [-0.2, -0.15) is 9.36 Å². The maximum Gasteiger partial charge on any atom is 0.259 e. The van der Waals surface area contributed by atoms with Crippen LogP contribution in [0.2, 0.25) is 0 Å². The molecule has 0 aliphatic heterocycles. The standard InChI is InChI=1S/C18H14N6O2S/c1-26-13-8-6-12(7-9-13)16-20-18(27-22-16)21-17(25)14-4-2-3-5-15(14)24-11-10-19-23-24/h2-11H,1H3,(H,20,21,22,25). The largest absolute Gasteiger partial charge is 0.497 e. The number of nitrogens with one attached hydrogen (secondary N) is 1. The Morgan fingerprint density at radius 3 is 2.70 bits per heavy atom. The molecule has 0 bridgehead atoms. The van der Waals surface area contributed by atoms with Gasteiger partial charge in [0.25, 0.3) is 5.91 Å². The first-order valence-corrected chi connectivity index (χ1v) is 8.77. The molecule has 0 saturated carbocycles. The number of carbonyl (C=O) groups is 1. The van der Waals surface area contributed by atoms with Gasteiger partial charge in [0.2, 0.25) is 5.13 Å². The van der Waals surface area contributed by atoms with Crippen molar-refractivity contribution < 1.29 is 9.53 Å². The number of aromatic nitrogens is 5. The van der Waals surface area contributed by atoms with Gasteiger partial charge in [-0.15, -0.1) is 5.10 Å². The molecule has 0 unspecified atom stereocenters. The Hall–Kier alpha value is -3.59. The lowest BCUT2D eigenvalue weighted by Crippen LogP contribution is -2.15. The molecular weight excluding hydrogens is 364 g/mol. The lowest BCUT2D eigenvalue weighted by atomic mass is 10.1. The minimum absolute atomic E-state index is 0.293. The number of hydrogen-bond acceptors (Lipinski definition) is 7. The minimum Gasteiger partial charge on any atom is -0.497 e. The van der Waals surface area contributed by atoms with Crippen LogP contribution in [0.3, 0.4) is 0 Å². The van der Waals surface area contributed by atoms with Crippen molar-refractivity contribution in [2.75, 3.05) is 12.4 Å². The van der Waals surface area contributed by atoms with E-state index in [1.54, 1.807) is 37.7 Å². The summed E-state index contributed by atoms with van der Waals surface area (Å²) < 4.78 is 11.0. The highest BCUT2D eigenvalue weighted by molar-refractivity contribution is 7.10. The number of anilines is 1. The van der Waals surface area contributed by atoms with Crippen LogP contribution < -0.4 is 10.1 Å². The van der Waals surface area contributed by atoms with Crippen molar-refractivity contribution >= 4 is 22.6 Å². The summed E-state index contributed by atoms with van der Waals surface area (Å²) in [6.07, 6.45) is 3.24. The fraction of sp³-hybridized carbons (Fsp3) is 0.0556. The van der Waals surface area contributed by atoms with E-state index in [0.717, 1.165) is 22.8 Å². The second-order valence-electron chi connectivity index (χ2n) is 5.47. The first kappa shape index (κ1) is 16.9. The van der Waals surface area contributed by atoms with E-state index < -0.39 is 0 Å².